The molecule has 9 heteroatoms. The van der Waals surface area contributed by atoms with E-state index in [4.69, 9.17) is 0 Å². The highest BCUT2D eigenvalue weighted by molar-refractivity contribution is 7.91. The van der Waals surface area contributed by atoms with Gasteiger partial charge in [0.1, 0.15) is 4.21 Å². The maximum atomic E-state index is 12.1. The molecule has 126 valence electrons. The summed E-state index contributed by atoms with van der Waals surface area (Å²) in [4.78, 5) is 12.9. The summed E-state index contributed by atoms with van der Waals surface area (Å²) < 4.78 is 27.6. The first kappa shape index (κ1) is 17.6. The minimum absolute atomic E-state index is 0.115. The van der Waals surface area contributed by atoms with E-state index in [0.29, 0.717) is 6.54 Å². The van der Waals surface area contributed by atoms with E-state index in [9.17, 15) is 13.2 Å². The van der Waals surface area contributed by atoms with Crippen LogP contribution in [-0.4, -0.2) is 31.2 Å². The summed E-state index contributed by atoms with van der Waals surface area (Å²) in [6.45, 7) is 4.11. The molecule has 2 rings (SSSR count). The minimum atomic E-state index is -3.43. The highest BCUT2D eigenvalue weighted by Crippen LogP contribution is 2.21. The van der Waals surface area contributed by atoms with Crippen molar-refractivity contribution in [3.05, 3.63) is 34.0 Å². The van der Waals surface area contributed by atoms with Crippen LogP contribution in [0.25, 0.3) is 0 Å². The van der Waals surface area contributed by atoms with Crippen LogP contribution in [0.15, 0.2) is 16.3 Å². The van der Waals surface area contributed by atoms with Gasteiger partial charge in [-0.15, -0.1) is 11.3 Å². The third-order valence-electron chi connectivity index (χ3n) is 3.63. The molecule has 0 atom stereocenters. The molecule has 0 radical (unpaired) electrons. The summed E-state index contributed by atoms with van der Waals surface area (Å²) in [6.07, 6.45) is 0.262. The van der Waals surface area contributed by atoms with Crippen LogP contribution < -0.4 is 10.0 Å². The molecule has 1 amide bonds. The Kier molecular flexibility index (Phi) is 5.23. The molecule has 0 aromatic carbocycles. The van der Waals surface area contributed by atoms with Crippen molar-refractivity contribution in [2.75, 3.05) is 7.05 Å². The van der Waals surface area contributed by atoms with Crippen molar-refractivity contribution in [2.45, 2.75) is 31.0 Å². The quantitative estimate of drug-likeness (QED) is 0.803. The third-order valence-corrected chi connectivity index (χ3v) is 6.62. The molecule has 0 unspecified atom stereocenters. The largest absolute Gasteiger partial charge is 0.351 e. The molecule has 7 nitrogen and oxygen atoms in total. The lowest BCUT2D eigenvalue weighted by atomic mass is 10.1. The second kappa shape index (κ2) is 6.81. The zero-order valence-electron chi connectivity index (χ0n) is 13.5. The zero-order chi connectivity index (χ0) is 17.2. The fourth-order valence-corrected chi connectivity index (χ4v) is 4.31. The highest BCUT2D eigenvalue weighted by Gasteiger charge is 2.16. The van der Waals surface area contributed by atoms with Crippen LogP contribution in [0.1, 0.15) is 21.8 Å². The molecule has 0 fully saturated rings. The minimum Gasteiger partial charge on any atom is -0.351 e. The summed E-state index contributed by atoms with van der Waals surface area (Å²) in [5.74, 6) is -0.115. The first-order valence-electron chi connectivity index (χ1n) is 7.02. The van der Waals surface area contributed by atoms with Crippen molar-refractivity contribution in [3.63, 3.8) is 0 Å². The van der Waals surface area contributed by atoms with Gasteiger partial charge in [0.2, 0.25) is 15.9 Å². The van der Waals surface area contributed by atoms with E-state index in [0.717, 1.165) is 33.2 Å². The molecule has 0 aliphatic carbocycles. The van der Waals surface area contributed by atoms with Gasteiger partial charge in [-0.05, 0) is 33.0 Å². The number of amides is 1. The Hall–Kier alpha value is -1.71. The van der Waals surface area contributed by atoms with Gasteiger partial charge in [-0.25, -0.2) is 13.1 Å². The second-order valence-corrected chi connectivity index (χ2v) is 8.44. The average molecular weight is 356 g/mol. The van der Waals surface area contributed by atoms with Crippen LogP contribution in [0, 0.1) is 13.8 Å². The molecule has 2 N–H and O–H groups in total. The Balaban J connectivity index is 1.97. The molecule has 23 heavy (non-hydrogen) atoms. The van der Waals surface area contributed by atoms with E-state index in [-0.39, 0.29) is 16.5 Å². The Morgan fingerprint density at radius 3 is 2.61 bits per heavy atom. The highest BCUT2D eigenvalue weighted by atomic mass is 32.2. The standard InChI is InChI=1S/C14H20N4O3S2/c1-9-12(10(2)18(4)17-9)7-13(19)16-8-11-5-6-14(22-11)23(20,21)15-3/h5-6,15H,7-8H2,1-4H3,(H,16,19). The molecule has 0 spiro atoms. The van der Waals surface area contributed by atoms with Gasteiger partial charge in [-0.2, -0.15) is 5.10 Å². The maximum Gasteiger partial charge on any atom is 0.249 e. The number of thiophene rings is 1. The number of nitrogens with one attached hydrogen (secondary N) is 2. The smallest absolute Gasteiger partial charge is 0.249 e. The Morgan fingerprint density at radius 1 is 1.35 bits per heavy atom. The molecular weight excluding hydrogens is 336 g/mol. The number of carbonyl (C=O) groups is 1. The van der Waals surface area contributed by atoms with Gasteiger partial charge in [-0.3, -0.25) is 9.48 Å². The molecule has 0 aliphatic rings. The fourth-order valence-electron chi connectivity index (χ4n) is 2.18. The van der Waals surface area contributed by atoms with Crippen LogP contribution in [0.3, 0.4) is 0 Å². The molecule has 0 bridgehead atoms. The molecule has 2 aromatic rings. The van der Waals surface area contributed by atoms with Gasteiger partial charge in [0.05, 0.1) is 18.7 Å². The van der Waals surface area contributed by atoms with Crippen molar-refractivity contribution in [3.8, 4) is 0 Å². The number of nitrogens with zero attached hydrogens (tertiary/aromatic N) is 2. The Labute approximate surface area is 139 Å². The zero-order valence-corrected chi connectivity index (χ0v) is 15.1. The van der Waals surface area contributed by atoms with Gasteiger partial charge >= 0.3 is 0 Å². The van der Waals surface area contributed by atoms with Crippen molar-refractivity contribution in [2.24, 2.45) is 7.05 Å². The van der Waals surface area contributed by atoms with E-state index >= 15 is 0 Å². The Bertz CT molecular complexity index is 821. The summed E-state index contributed by atoms with van der Waals surface area (Å²) in [5.41, 5.74) is 2.74. The van der Waals surface area contributed by atoms with Crippen LogP contribution in [-0.2, 0) is 34.8 Å². The van der Waals surface area contributed by atoms with Crippen LogP contribution in [0.4, 0.5) is 0 Å². The van der Waals surface area contributed by atoms with E-state index in [1.54, 1.807) is 10.7 Å². The first-order valence-corrected chi connectivity index (χ1v) is 9.32. The van der Waals surface area contributed by atoms with E-state index in [1.807, 2.05) is 20.9 Å². The topological polar surface area (TPSA) is 93.1 Å². The summed E-state index contributed by atoms with van der Waals surface area (Å²) in [6, 6.07) is 3.24. The van der Waals surface area contributed by atoms with E-state index in [2.05, 4.69) is 15.1 Å². The predicted molar refractivity (Wildman–Crippen MR) is 88.8 cm³/mol. The SMILES string of the molecule is CNS(=O)(=O)c1ccc(CNC(=O)Cc2c(C)nn(C)c2C)s1. The predicted octanol–water partition coefficient (Wildman–Crippen LogP) is 0.865. The fraction of sp³-hybridized carbons (Fsp3) is 0.429. The summed E-state index contributed by atoms with van der Waals surface area (Å²) in [7, 11) is -0.212. The first-order chi connectivity index (χ1) is 10.7. The van der Waals surface area contributed by atoms with Crippen molar-refractivity contribution >= 4 is 27.3 Å². The molecule has 0 saturated carbocycles. The number of carbonyl (C=O) groups excluding carboxylic acids is 1. The number of rotatable bonds is 6. The van der Waals surface area contributed by atoms with Crippen LogP contribution in [0.5, 0.6) is 0 Å². The number of hydrogen-bond donors (Lipinski definition) is 2. The molecule has 2 aromatic heterocycles. The van der Waals surface area contributed by atoms with E-state index in [1.165, 1.54) is 13.1 Å². The molecule has 0 aliphatic heterocycles. The summed E-state index contributed by atoms with van der Waals surface area (Å²) in [5, 5.41) is 7.10. The maximum absolute atomic E-state index is 12.1. The lowest BCUT2D eigenvalue weighted by Crippen LogP contribution is -2.24. The van der Waals surface area contributed by atoms with Gasteiger partial charge in [0.25, 0.3) is 0 Å². The van der Waals surface area contributed by atoms with Gasteiger partial charge in [-0.1, -0.05) is 0 Å². The van der Waals surface area contributed by atoms with Gasteiger partial charge in [0.15, 0.2) is 0 Å². The van der Waals surface area contributed by atoms with Crippen molar-refractivity contribution in [1.29, 1.82) is 0 Å². The van der Waals surface area contributed by atoms with Crippen LogP contribution >= 0.6 is 11.3 Å². The third kappa shape index (κ3) is 3.98. The van der Waals surface area contributed by atoms with Gasteiger partial charge in [0, 0.05) is 23.2 Å². The van der Waals surface area contributed by atoms with Gasteiger partial charge < -0.3 is 5.32 Å². The summed E-state index contributed by atoms with van der Waals surface area (Å²) >= 11 is 1.14. The number of aromatic nitrogens is 2. The molecular formula is C14H20N4O3S2. The van der Waals surface area contributed by atoms with Crippen LogP contribution in [0.2, 0.25) is 0 Å². The Morgan fingerprint density at radius 2 is 2.04 bits per heavy atom. The van der Waals surface area contributed by atoms with Crippen molar-refractivity contribution in [1.82, 2.24) is 19.8 Å². The molecule has 2 heterocycles. The number of hydrogen-bond acceptors (Lipinski definition) is 5. The van der Waals surface area contributed by atoms with Crippen molar-refractivity contribution < 1.29 is 13.2 Å². The molecule has 0 saturated heterocycles. The lowest BCUT2D eigenvalue weighted by Gasteiger charge is -2.04. The monoisotopic (exact) mass is 356 g/mol. The normalized spacial score (nSPS) is 11.7. The average Bonchev–Trinajstić information content (AvgIpc) is 3.07. The number of sulfonamides is 1. The second-order valence-electron chi connectivity index (χ2n) is 5.15. The van der Waals surface area contributed by atoms with E-state index < -0.39 is 10.0 Å². The lowest BCUT2D eigenvalue weighted by molar-refractivity contribution is -0.120. The number of aryl methyl sites for hydroxylation is 2.